The zero-order chi connectivity index (χ0) is 15.6. The predicted octanol–water partition coefficient (Wildman–Crippen LogP) is 3.11. The largest absolute Gasteiger partial charge is 0.493 e. The van der Waals surface area contributed by atoms with Crippen molar-refractivity contribution in [1.29, 1.82) is 5.26 Å². The molecule has 0 spiro atoms. The summed E-state index contributed by atoms with van der Waals surface area (Å²) in [7, 11) is 1.64. The van der Waals surface area contributed by atoms with E-state index in [4.69, 9.17) is 9.47 Å². The number of nitrogens with zero attached hydrogens (tertiary/aromatic N) is 2. The van der Waals surface area contributed by atoms with Crippen LogP contribution in [0.4, 0.5) is 0 Å². The van der Waals surface area contributed by atoms with Crippen molar-refractivity contribution in [3.8, 4) is 17.6 Å². The zero-order valence-electron chi connectivity index (χ0n) is 13.5. The Balaban J connectivity index is 1.84. The Hall–Kier alpha value is -1.73. The first-order valence-electron chi connectivity index (χ1n) is 8.19. The van der Waals surface area contributed by atoms with Gasteiger partial charge in [0.25, 0.3) is 0 Å². The van der Waals surface area contributed by atoms with E-state index < -0.39 is 0 Å². The molecule has 1 aromatic carbocycles. The highest BCUT2D eigenvalue weighted by Gasteiger charge is 2.40. The first kappa shape index (κ1) is 15.2. The van der Waals surface area contributed by atoms with Crippen molar-refractivity contribution < 1.29 is 9.47 Å². The highest BCUT2D eigenvalue weighted by Crippen LogP contribution is 2.41. The maximum atomic E-state index is 9.84. The molecule has 2 fully saturated rings. The Kier molecular flexibility index (Phi) is 4.26. The maximum absolute atomic E-state index is 9.84. The van der Waals surface area contributed by atoms with E-state index in [0.717, 1.165) is 49.0 Å². The Morgan fingerprint density at radius 1 is 1.27 bits per heavy atom. The molecule has 3 rings (SSSR count). The van der Waals surface area contributed by atoms with Crippen LogP contribution in [0.25, 0.3) is 0 Å². The predicted molar refractivity (Wildman–Crippen MR) is 85.3 cm³/mol. The minimum atomic E-state index is -0.385. The number of hydrogen-bond acceptors (Lipinski definition) is 4. The minimum absolute atomic E-state index is 0.385. The lowest BCUT2D eigenvalue weighted by Crippen LogP contribution is -2.42. The van der Waals surface area contributed by atoms with Crippen LogP contribution in [-0.4, -0.2) is 37.7 Å². The van der Waals surface area contributed by atoms with Crippen LogP contribution in [0.1, 0.15) is 38.2 Å². The molecule has 0 N–H and O–H groups in total. The SMILES string of the molecule is CCOc1cc(C2(C#N)CCN(C3CC3)CC2)ccc1OC. The molecule has 0 bridgehead atoms. The molecule has 1 saturated carbocycles. The summed E-state index contributed by atoms with van der Waals surface area (Å²) in [6.07, 6.45) is 4.46. The number of piperidine rings is 1. The summed E-state index contributed by atoms with van der Waals surface area (Å²) < 4.78 is 11.0. The topological polar surface area (TPSA) is 45.5 Å². The summed E-state index contributed by atoms with van der Waals surface area (Å²) in [5.74, 6) is 1.47. The van der Waals surface area contributed by atoms with Gasteiger partial charge >= 0.3 is 0 Å². The van der Waals surface area contributed by atoms with Gasteiger partial charge in [-0.1, -0.05) is 6.07 Å². The van der Waals surface area contributed by atoms with E-state index in [-0.39, 0.29) is 5.41 Å². The first-order valence-corrected chi connectivity index (χ1v) is 8.19. The zero-order valence-corrected chi connectivity index (χ0v) is 13.5. The van der Waals surface area contributed by atoms with E-state index in [1.54, 1.807) is 7.11 Å². The van der Waals surface area contributed by atoms with Gasteiger partial charge in [0, 0.05) is 19.1 Å². The Bertz CT molecular complexity index is 567. The van der Waals surface area contributed by atoms with Gasteiger partial charge in [-0.2, -0.15) is 5.26 Å². The fourth-order valence-electron chi connectivity index (χ4n) is 3.42. The van der Waals surface area contributed by atoms with Crippen LogP contribution in [-0.2, 0) is 5.41 Å². The van der Waals surface area contributed by atoms with Crippen molar-refractivity contribution in [2.45, 2.75) is 44.1 Å². The second kappa shape index (κ2) is 6.18. The second-order valence-corrected chi connectivity index (χ2v) is 6.26. The number of benzene rings is 1. The molecule has 1 aliphatic heterocycles. The van der Waals surface area contributed by atoms with E-state index in [1.165, 1.54) is 12.8 Å². The third-order valence-corrected chi connectivity index (χ3v) is 4.94. The first-order chi connectivity index (χ1) is 10.7. The van der Waals surface area contributed by atoms with Gasteiger partial charge in [-0.05, 0) is 50.3 Å². The summed E-state index contributed by atoms with van der Waals surface area (Å²) >= 11 is 0. The third kappa shape index (κ3) is 2.78. The second-order valence-electron chi connectivity index (χ2n) is 6.26. The smallest absolute Gasteiger partial charge is 0.161 e. The van der Waals surface area contributed by atoms with Crippen molar-refractivity contribution in [2.75, 3.05) is 26.8 Å². The Morgan fingerprint density at radius 2 is 2.00 bits per heavy atom. The van der Waals surface area contributed by atoms with Gasteiger partial charge in [-0.15, -0.1) is 0 Å². The van der Waals surface area contributed by atoms with Gasteiger partial charge in [0.2, 0.25) is 0 Å². The van der Waals surface area contributed by atoms with Crippen LogP contribution < -0.4 is 9.47 Å². The van der Waals surface area contributed by atoms with Crippen molar-refractivity contribution in [2.24, 2.45) is 0 Å². The highest BCUT2D eigenvalue weighted by atomic mass is 16.5. The van der Waals surface area contributed by atoms with E-state index in [2.05, 4.69) is 11.0 Å². The molecule has 0 radical (unpaired) electrons. The number of hydrogen-bond donors (Lipinski definition) is 0. The number of ether oxygens (including phenoxy) is 2. The van der Waals surface area contributed by atoms with Crippen molar-refractivity contribution in [3.05, 3.63) is 23.8 Å². The number of likely N-dealkylation sites (tertiary alicyclic amines) is 1. The van der Waals surface area contributed by atoms with E-state index >= 15 is 0 Å². The van der Waals surface area contributed by atoms with Crippen LogP contribution in [0.5, 0.6) is 11.5 Å². The lowest BCUT2D eigenvalue weighted by molar-refractivity contribution is 0.178. The van der Waals surface area contributed by atoms with E-state index in [9.17, 15) is 5.26 Å². The van der Waals surface area contributed by atoms with Crippen LogP contribution >= 0.6 is 0 Å². The molecule has 4 heteroatoms. The van der Waals surface area contributed by atoms with Crippen LogP contribution in [0, 0.1) is 11.3 Å². The average molecular weight is 300 g/mol. The van der Waals surface area contributed by atoms with Gasteiger partial charge in [0.05, 0.1) is 25.2 Å². The molecular formula is C18H24N2O2. The number of nitriles is 1. The number of methoxy groups -OCH3 is 1. The van der Waals surface area contributed by atoms with E-state index in [0.29, 0.717) is 6.61 Å². The minimum Gasteiger partial charge on any atom is -0.493 e. The number of rotatable bonds is 5. The maximum Gasteiger partial charge on any atom is 0.161 e. The summed E-state index contributed by atoms with van der Waals surface area (Å²) in [5, 5.41) is 9.84. The lowest BCUT2D eigenvalue weighted by atomic mass is 9.74. The van der Waals surface area contributed by atoms with Gasteiger partial charge in [0.1, 0.15) is 0 Å². The Labute approximate surface area is 132 Å². The molecule has 0 amide bonds. The molecule has 1 heterocycles. The molecule has 1 saturated heterocycles. The molecule has 0 atom stereocenters. The van der Waals surface area contributed by atoms with Gasteiger partial charge in [0.15, 0.2) is 11.5 Å². The average Bonchev–Trinajstić information content (AvgIpc) is 3.40. The summed E-state index contributed by atoms with van der Waals surface area (Å²) in [6, 6.07) is 9.33. The quantitative estimate of drug-likeness (QED) is 0.838. The fourth-order valence-corrected chi connectivity index (χ4v) is 3.42. The normalized spacial score (nSPS) is 21.1. The molecule has 1 aromatic rings. The highest BCUT2D eigenvalue weighted by molar-refractivity contribution is 5.47. The molecule has 22 heavy (non-hydrogen) atoms. The van der Waals surface area contributed by atoms with Gasteiger partial charge < -0.3 is 14.4 Å². The molecule has 0 aromatic heterocycles. The van der Waals surface area contributed by atoms with Gasteiger partial charge in [-0.25, -0.2) is 0 Å². The molecule has 4 nitrogen and oxygen atoms in total. The monoisotopic (exact) mass is 300 g/mol. The molecule has 2 aliphatic rings. The van der Waals surface area contributed by atoms with Crippen molar-refractivity contribution in [1.82, 2.24) is 4.90 Å². The summed E-state index contributed by atoms with van der Waals surface area (Å²) in [6.45, 7) is 4.59. The van der Waals surface area contributed by atoms with Crippen LogP contribution in [0.2, 0.25) is 0 Å². The van der Waals surface area contributed by atoms with Crippen LogP contribution in [0.3, 0.4) is 0 Å². The van der Waals surface area contributed by atoms with Crippen molar-refractivity contribution >= 4 is 0 Å². The van der Waals surface area contributed by atoms with Crippen LogP contribution in [0.15, 0.2) is 18.2 Å². The molecular weight excluding hydrogens is 276 g/mol. The standard InChI is InChI=1S/C18H24N2O2/c1-3-22-17-12-14(4-7-16(17)21-2)18(13-19)8-10-20(11-9-18)15-5-6-15/h4,7,12,15H,3,5-6,8-11H2,1-2H3. The lowest BCUT2D eigenvalue weighted by Gasteiger charge is -2.38. The van der Waals surface area contributed by atoms with E-state index in [1.807, 2.05) is 25.1 Å². The summed E-state index contributed by atoms with van der Waals surface area (Å²) in [5.41, 5.74) is 0.679. The third-order valence-electron chi connectivity index (χ3n) is 4.94. The van der Waals surface area contributed by atoms with Gasteiger partial charge in [-0.3, -0.25) is 0 Å². The summed E-state index contributed by atoms with van der Waals surface area (Å²) in [4.78, 5) is 2.54. The molecule has 1 aliphatic carbocycles. The molecule has 118 valence electrons. The molecule has 0 unspecified atom stereocenters. The fraction of sp³-hybridized carbons (Fsp3) is 0.611. The Morgan fingerprint density at radius 3 is 2.55 bits per heavy atom. The van der Waals surface area contributed by atoms with Crippen molar-refractivity contribution in [3.63, 3.8) is 0 Å².